The number of nitrogens with zero attached hydrogens (tertiary/aromatic N) is 1. The minimum atomic E-state index is -4.47. The Morgan fingerprint density at radius 2 is 1.94 bits per heavy atom. The number of alkyl halides is 3. The van der Waals surface area contributed by atoms with Crippen molar-refractivity contribution in [3.8, 4) is 0 Å². The van der Waals surface area contributed by atoms with Gasteiger partial charge in [-0.3, -0.25) is 4.79 Å². The number of amides is 2. The van der Waals surface area contributed by atoms with E-state index < -0.39 is 30.6 Å². The van der Waals surface area contributed by atoms with Crippen molar-refractivity contribution in [1.82, 2.24) is 10.2 Å². The molecule has 0 aromatic rings. The zero-order valence-electron chi connectivity index (χ0n) is 9.54. The Bertz CT molecular complexity index is 281. The standard InChI is InChI=1S/C9H15F3N2O3/c1-3-6(7(15)16)4-13-8(17)14(2)5-9(10,11)12/h6H,3-5H2,1-2H3,(H,13,17)(H,15,16). The second kappa shape index (κ2) is 6.31. The molecule has 1 atom stereocenters. The Morgan fingerprint density at radius 1 is 1.41 bits per heavy atom. The maximum Gasteiger partial charge on any atom is 0.406 e. The number of carboxylic acids is 1. The van der Waals surface area contributed by atoms with Crippen molar-refractivity contribution in [3.63, 3.8) is 0 Å². The highest BCUT2D eigenvalue weighted by molar-refractivity contribution is 5.75. The molecule has 17 heavy (non-hydrogen) atoms. The fourth-order valence-corrected chi connectivity index (χ4v) is 1.09. The molecular weight excluding hydrogens is 241 g/mol. The quantitative estimate of drug-likeness (QED) is 0.779. The van der Waals surface area contributed by atoms with Gasteiger partial charge in [-0.25, -0.2) is 4.79 Å². The van der Waals surface area contributed by atoms with E-state index >= 15 is 0 Å². The molecule has 0 aliphatic heterocycles. The summed E-state index contributed by atoms with van der Waals surface area (Å²) in [6.45, 7) is 0.0555. The van der Waals surface area contributed by atoms with E-state index in [1.54, 1.807) is 6.92 Å². The number of hydrogen-bond donors (Lipinski definition) is 2. The van der Waals surface area contributed by atoms with E-state index in [-0.39, 0.29) is 6.54 Å². The maximum absolute atomic E-state index is 11.9. The summed E-state index contributed by atoms with van der Waals surface area (Å²) < 4.78 is 35.8. The Balaban J connectivity index is 4.13. The molecule has 8 heteroatoms. The molecule has 0 spiro atoms. The molecule has 0 bridgehead atoms. The number of nitrogens with one attached hydrogen (secondary N) is 1. The molecule has 0 heterocycles. The van der Waals surface area contributed by atoms with E-state index in [1.807, 2.05) is 0 Å². The predicted molar refractivity (Wildman–Crippen MR) is 53.5 cm³/mol. The van der Waals surface area contributed by atoms with Gasteiger partial charge in [0.05, 0.1) is 5.92 Å². The van der Waals surface area contributed by atoms with Crippen LogP contribution in [0.15, 0.2) is 0 Å². The van der Waals surface area contributed by atoms with Crippen molar-refractivity contribution in [2.45, 2.75) is 19.5 Å². The zero-order chi connectivity index (χ0) is 13.6. The smallest absolute Gasteiger partial charge is 0.406 e. The average molecular weight is 256 g/mol. The number of halogens is 3. The van der Waals surface area contributed by atoms with E-state index in [4.69, 9.17) is 5.11 Å². The Morgan fingerprint density at radius 3 is 2.29 bits per heavy atom. The van der Waals surface area contributed by atoms with Crippen LogP contribution in [0.2, 0.25) is 0 Å². The number of carbonyl (C=O) groups excluding carboxylic acids is 1. The van der Waals surface area contributed by atoms with Crippen LogP contribution in [0.3, 0.4) is 0 Å². The summed E-state index contributed by atoms with van der Waals surface area (Å²) in [5.41, 5.74) is 0. The summed E-state index contributed by atoms with van der Waals surface area (Å²) in [6, 6.07) is -0.943. The minimum Gasteiger partial charge on any atom is -0.481 e. The van der Waals surface area contributed by atoms with Gasteiger partial charge in [0.25, 0.3) is 0 Å². The molecule has 0 fully saturated rings. The van der Waals surface area contributed by atoms with Crippen LogP contribution in [0.5, 0.6) is 0 Å². The van der Waals surface area contributed by atoms with E-state index in [2.05, 4.69) is 5.32 Å². The third kappa shape index (κ3) is 6.64. The first-order chi connectivity index (χ1) is 7.67. The van der Waals surface area contributed by atoms with Gasteiger partial charge in [-0.15, -0.1) is 0 Å². The first-order valence-electron chi connectivity index (χ1n) is 4.96. The Kier molecular flexibility index (Phi) is 5.77. The molecule has 2 amide bonds. The second-order valence-electron chi connectivity index (χ2n) is 3.60. The van der Waals surface area contributed by atoms with Crippen molar-refractivity contribution in [3.05, 3.63) is 0 Å². The SMILES string of the molecule is CCC(CNC(=O)N(C)CC(F)(F)F)C(=O)O. The molecule has 0 radical (unpaired) electrons. The molecule has 100 valence electrons. The summed E-state index contributed by atoms with van der Waals surface area (Å²) in [4.78, 5) is 22.2. The number of hydrogen-bond acceptors (Lipinski definition) is 2. The second-order valence-corrected chi connectivity index (χ2v) is 3.60. The van der Waals surface area contributed by atoms with Crippen molar-refractivity contribution in [2.24, 2.45) is 5.92 Å². The van der Waals surface area contributed by atoms with Crippen molar-refractivity contribution < 1.29 is 27.9 Å². The number of carbonyl (C=O) groups is 2. The highest BCUT2D eigenvalue weighted by Gasteiger charge is 2.31. The molecule has 1 unspecified atom stereocenters. The van der Waals surface area contributed by atoms with E-state index in [1.165, 1.54) is 0 Å². The van der Waals surface area contributed by atoms with Crippen LogP contribution in [0.1, 0.15) is 13.3 Å². The van der Waals surface area contributed by atoms with Gasteiger partial charge < -0.3 is 15.3 Å². The fourth-order valence-electron chi connectivity index (χ4n) is 1.09. The lowest BCUT2D eigenvalue weighted by Gasteiger charge is -2.20. The van der Waals surface area contributed by atoms with Gasteiger partial charge in [-0.2, -0.15) is 13.2 Å². The Hall–Kier alpha value is -1.47. The highest BCUT2D eigenvalue weighted by atomic mass is 19.4. The van der Waals surface area contributed by atoms with E-state index in [9.17, 15) is 22.8 Å². The molecular formula is C9H15F3N2O3. The first-order valence-corrected chi connectivity index (χ1v) is 4.96. The van der Waals surface area contributed by atoms with Crippen molar-refractivity contribution >= 4 is 12.0 Å². The predicted octanol–water partition coefficient (Wildman–Crippen LogP) is 1.30. The summed E-state index contributed by atoms with van der Waals surface area (Å²) in [6.07, 6.45) is -4.18. The zero-order valence-corrected chi connectivity index (χ0v) is 9.54. The summed E-state index contributed by atoms with van der Waals surface area (Å²) in [5.74, 6) is -1.88. The molecule has 0 aliphatic rings. The highest BCUT2D eigenvalue weighted by Crippen LogP contribution is 2.15. The van der Waals surface area contributed by atoms with E-state index in [0.29, 0.717) is 11.3 Å². The van der Waals surface area contributed by atoms with Crippen molar-refractivity contribution in [2.75, 3.05) is 20.1 Å². The molecule has 0 aliphatic carbocycles. The van der Waals surface area contributed by atoms with Crippen LogP contribution in [0.25, 0.3) is 0 Å². The molecule has 0 aromatic heterocycles. The number of aliphatic carboxylic acids is 1. The molecule has 0 aromatic carbocycles. The summed E-state index contributed by atoms with van der Waals surface area (Å²) in [5, 5.41) is 10.8. The molecule has 5 nitrogen and oxygen atoms in total. The van der Waals surface area contributed by atoms with Crippen LogP contribution in [0, 0.1) is 5.92 Å². The van der Waals surface area contributed by atoms with Crippen LogP contribution in [-0.4, -0.2) is 48.3 Å². The minimum absolute atomic E-state index is 0.188. The average Bonchev–Trinajstić information content (AvgIpc) is 2.15. The lowest BCUT2D eigenvalue weighted by molar-refractivity contribution is -0.142. The van der Waals surface area contributed by atoms with Crippen LogP contribution >= 0.6 is 0 Å². The molecule has 0 saturated carbocycles. The topological polar surface area (TPSA) is 69.6 Å². The van der Waals surface area contributed by atoms with Gasteiger partial charge >= 0.3 is 18.2 Å². The molecule has 0 saturated heterocycles. The summed E-state index contributed by atoms with van der Waals surface area (Å²) >= 11 is 0. The van der Waals surface area contributed by atoms with Crippen LogP contribution in [-0.2, 0) is 4.79 Å². The van der Waals surface area contributed by atoms with Gasteiger partial charge in [0.1, 0.15) is 6.54 Å². The fraction of sp³-hybridized carbons (Fsp3) is 0.778. The van der Waals surface area contributed by atoms with Gasteiger partial charge in [0, 0.05) is 13.6 Å². The summed E-state index contributed by atoms with van der Waals surface area (Å²) in [7, 11) is 0.991. The van der Waals surface area contributed by atoms with Gasteiger partial charge in [0.2, 0.25) is 0 Å². The first kappa shape index (κ1) is 15.5. The third-order valence-electron chi connectivity index (χ3n) is 2.10. The largest absolute Gasteiger partial charge is 0.481 e. The molecule has 2 N–H and O–H groups in total. The van der Waals surface area contributed by atoms with Crippen LogP contribution < -0.4 is 5.32 Å². The van der Waals surface area contributed by atoms with E-state index in [0.717, 1.165) is 7.05 Å². The number of rotatable bonds is 5. The number of urea groups is 1. The normalized spacial score (nSPS) is 13.0. The lowest BCUT2D eigenvalue weighted by atomic mass is 10.1. The van der Waals surface area contributed by atoms with Crippen molar-refractivity contribution in [1.29, 1.82) is 0 Å². The lowest BCUT2D eigenvalue weighted by Crippen LogP contribution is -2.44. The third-order valence-corrected chi connectivity index (χ3v) is 2.10. The number of carboxylic acid groups (broad SMARTS) is 1. The van der Waals surface area contributed by atoms with Crippen LogP contribution in [0.4, 0.5) is 18.0 Å². The van der Waals surface area contributed by atoms with Gasteiger partial charge in [-0.05, 0) is 6.42 Å². The van der Waals surface area contributed by atoms with Gasteiger partial charge in [-0.1, -0.05) is 6.92 Å². The monoisotopic (exact) mass is 256 g/mol. The maximum atomic E-state index is 11.9. The van der Waals surface area contributed by atoms with Gasteiger partial charge in [0.15, 0.2) is 0 Å². The Labute approximate surface area is 96.6 Å². The molecule has 0 rings (SSSR count).